The molecule has 0 aliphatic carbocycles. The smallest absolute Gasteiger partial charge is 0.390 e. The van der Waals surface area contributed by atoms with E-state index in [0.717, 1.165) is 11.6 Å². The number of benzene rings is 3. The lowest BCUT2D eigenvalue weighted by molar-refractivity contribution is -0.137. The maximum Gasteiger partial charge on any atom is 0.417 e. The predicted molar refractivity (Wildman–Crippen MR) is 116 cm³/mol. The van der Waals surface area contributed by atoms with Crippen molar-refractivity contribution < 1.29 is 26.4 Å². The van der Waals surface area contributed by atoms with Crippen LogP contribution in [0.5, 0.6) is 0 Å². The van der Waals surface area contributed by atoms with E-state index in [-0.39, 0.29) is 22.9 Å². The molecule has 0 heterocycles. The van der Waals surface area contributed by atoms with Crippen LogP contribution in [-0.2, 0) is 28.1 Å². The van der Waals surface area contributed by atoms with Gasteiger partial charge in [0, 0.05) is 21.2 Å². The third kappa shape index (κ3) is 7.99. The summed E-state index contributed by atoms with van der Waals surface area (Å²) >= 11 is 11.8. The summed E-state index contributed by atoms with van der Waals surface area (Å²) < 4.78 is 63.4. The molecule has 0 aromatic heterocycles. The number of rotatable bonds is 5. The van der Waals surface area contributed by atoms with Crippen LogP contribution in [0.25, 0.3) is 0 Å². The molecule has 0 aliphatic heterocycles. The van der Waals surface area contributed by atoms with Crippen LogP contribution >= 0.6 is 23.2 Å². The van der Waals surface area contributed by atoms with Crippen LogP contribution in [0.2, 0.25) is 10.0 Å². The molecule has 0 aliphatic rings. The molecule has 0 saturated carbocycles. The van der Waals surface area contributed by atoms with Gasteiger partial charge in [-0.3, -0.25) is 0 Å². The molecule has 0 atom stereocenters. The lowest BCUT2D eigenvalue weighted by Gasteiger charge is -2.15. The molecular weight excluding hydrogens is 488 g/mol. The zero-order chi connectivity index (χ0) is 23.7. The Kier molecular flexibility index (Phi) is 9.25. The minimum atomic E-state index is -4.56. The van der Waals surface area contributed by atoms with Crippen LogP contribution in [0.4, 0.5) is 13.2 Å². The van der Waals surface area contributed by atoms with E-state index < -0.39 is 22.2 Å². The van der Waals surface area contributed by atoms with Gasteiger partial charge in [-0.15, -0.1) is 0 Å². The van der Waals surface area contributed by atoms with Crippen LogP contribution < -0.4 is 0 Å². The molecule has 3 aromatic rings. The zero-order valence-electron chi connectivity index (χ0n) is 16.1. The van der Waals surface area contributed by atoms with Crippen molar-refractivity contribution in [1.29, 1.82) is 4.78 Å². The molecule has 3 rings (SSSR count). The van der Waals surface area contributed by atoms with E-state index in [0.29, 0.717) is 10.6 Å². The maximum atomic E-state index is 13.5. The number of nitrogens with one attached hydrogen (secondary N) is 1. The van der Waals surface area contributed by atoms with Crippen molar-refractivity contribution in [2.24, 2.45) is 5.16 Å². The highest BCUT2D eigenvalue weighted by atomic mass is 35.5. The summed E-state index contributed by atoms with van der Waals surface area (Å²) in [4.78, 5) is 5.37. The summed E-state index contributed by atoms with van der Waals surface area (Å²) in [6, 6.07) is 18.8. The van der Waals surface area contributed by atoms with E-state index in [4.69, 9.17) is 41.2 Å². The van der Waals surface area contributed by atoms with Gasteiger partial charge in [0.1, 0.15) is 12.3 Å². The van der Waals surface area contributed by atoms with E-state index in [2.05, 4.69) is 5.16 Å². The first-order valence-corrected chi connectivity index (χ1v) is 10.6. The SMILES string of the molecule is FC(F)(F)c1ccc(Cl)cc1/C(=N/OCc1ccc(Cl)cc1)c1ccccc1.N=S(=O)=O. The minimum absolute atomic E-state index is 0.0457. The Balaban J connectivity index is 0.000000837. The van der Waals surface area contributed by atoms with Gasteiger partial charge in [-0.2, -0.15) is 26.4 Å². The van der Waals surface area contributed by atoms with E-state index in [9.17, 15) is 13.2 Å². The van der Waals surface area contributed by atoms with Gasteiger partial charge in [-0.1, -0.05) is 70.8 Å². The van der Waals surface area contributed by atoms with Gasteiger partial charge in [-0.25, -0.2) is 0 Å². The lowest BCUT2D eigenvalue weighted by atomic mass is 9.97. The van der Waals surface area contributed by atoms with Gasteiger partial charge >= 0.3 is 16.7 Å². The largest absolute Gasteiger partial charge is 0.417 e. The summed E-state index contributed by atoms with van der Waals surface area (Å²) in [5.41, 5.74) is 0.315. The summed E-state index contributed by atoms with van der Waals surface area (Å²) in [5.74, 6) is 0. The topological polar surface area (TPSA) is 79.6 Å². The first-order chi connectivity index (χ1) is 15.1. The molecule has 0 amide bonds. The normalized spacial score (nSPS) is 11.3. The fourth-order valence-electron chi connectivity index (χ4n) is 2.56. The van der Waals surface area contributed by atoms with Crippen molar-refractivity contribution in [3.8, 4) is 0 Å². The summed E-state index contributed by atoms with van der Waals surface area (Å²) in [6.07, 6.45) is -4.56. The average Bonchev–Trinajstić information content (AvgIpc) is 2.72. The molecule has 0 fully saturated rings. The molecule has 168 valence electrons. The Morgan fingerprint density at radius 2 is 1.50 bits per heavy atom. The summed E-state index contributed by atoms with van der Waals surface area (Å²) in [5, 5.41) is 4.77. The zero-order valence-corrected chi connectivity index (χ0v) is 18.4. The van der Waals surface area contributed by atoms with Crippen LogP contribution in [0.1, 0.15) is 22.3 Å². The molecule has 0 unspecified atom stereocenters. The van der Waals surface area contributed by atoms with E-state index in [1.165, 1.54) is 12.1 Å². The van der Waals surface area contributed by atoms with Gasteiger partial charge in [-0.05, 0) is 35.9 Å². The van der Waals surface area contributed by atoms with Crippen LogP contribution in [0.15, 0.2) is 78.0 Å². The molecule has 0 saturated heterocycles. The Labute approximate surface area is 193 Å². The van der Waals surface area contributed by atoms with Crippen LogP contribution in [0.3, 0.4) is 0 Å². The van der Waals surface area contributed by atoms with Crippen molar-refractivity contribution in [3.05, 3.63) is 105 Å². The van der Waals surface area contributed by atoms with E-state index >= 15 is 0 Å². The first kappa shape index (κ1) is 25.4. The Morgan fingerprint density at radius 3 is 2.06 bits per heavy atom. The monoisotopic (exact) mass is 502 g/mol. The molecular formula is C21H15Cl2F3N2O3S. The van der Waals surface area contributed by atoms with E-state index in [1.807, 2.05) is 0 Å². The van der Waals surface area contributed by atoms with Crippen molar-refractivity contribution in [3.63, 3.8) is 0 Å². The third-order valence-corrected chi connectivity index (χ3v) is 4.38. The van der Waals surface area contributed by atoms with Gasteiger partial charge in [0.25, 0.3) is 0 Å². The van der Waals surface area contributed by atoms with E-state index in [1.54, 1.807) is 54.6 Å². The number of halogens is 5. The average molecular weight is 503 g/mol. The first-order valence-electron chi connectivity index (χ1n) is 8.75. The second kappa shape index (κ2) is 11.7. The molecule has 3 aromatic carbocycles. The van der Waals surface area contributed by atoms with Gasteiger partial charge in [0.15, 0.2) is 0 Å². The molecule has 0 radical (unpaired) electrons. The summed E-state index contributed by atoms with van der Waals surface area (Å²) in [6.45, 7) is 0.0788. The molecule has 0 bridgehead atoms. The predicted octanol–water partition coefficient (Wildman–Crippen LogP) is 6.61. The van der Waals surface area contributed by atoms with Gasteiger partial charge < -0.3 is 4.84 Å². The van der Waals surface area contributed by atoms with Crippen molar-refractivity contribution in [2.75, 3.05) is 0 Å². The third-order valence-electron chi connectivity index (χ3n) is 3.89. The number of oxime groups is 1. The van der Waals surface area contributed by atoms with Crippen molar-refractivity contribution >= 4 is 39.4 Å². The Hall–Kier alpha value is -2.88. The summed E-state index contributed by atoms with van der Waals surface area (Å²) in [7, 11) is -2.61. The standard InChI is InChI=1S/C21H14Cl2F3NO.HNO2S/c22-16-8-6-14(7-9-16)13-28-27-20(15-4-2-1-3-5-15)18-12-17(23)10-11-19(18)21(24,25)26;1-4(2)3/h1-12H,13H2;1H/b27-20+;. The fourth-order valence-corrected chi connectivity index (χ4v) is 2.86. The number of hydrogen-bond acceptors (Lipinski definition) is 5. The minimum Gasteiger partial charge on any atom is -0.390 e. The number of nitrogens with zero attached hydrogens (tertiary/aromatic N) is 1. The second-order valence-electron chi connectivity index (χ2n) is 6.13. The van der Waals surface area contributed by atoms with Gasteiger partial charge in [0.05, 0.1) is 5.56 Å². The number of alkyl halides is 3. The Morgan fingerprint density at radius 1 is 0.938 bits per heavy atom. The molecule has 0 spiro atoms. The molecule has 11 heteroatoms. The van der Waals surface area contributed by atoms with Crippen molar-refractivity contribution in [1.82, 2.24) is 0 Å². The van der Waals surface area contributed by atoms with Crippen molar-refractivity contribution in [2.45, 2.75) is 12.8 Å². The second-order valence-corrected chi connectivity index (χ2v) is 7.47. The van der Waals surface area contributed by atoms with Crippen LogP contribution in [-0.4, -0.2) is 14.1 Å². The highest BCUT2D eigenvalue weighted by molar-refractivity contribution is 7.60. The van der Waals surface area contributed by atoms with Gasteiger partial charge in [0.2, 0.25) is 0 Å². The Bertz CT molecular complexity index is 1180. The molecule has 5 nitrogen and oxygen atoms in total. The highest BCUT2D eigenvalue weighted by Crippen LogP contribution is 2.34. The quantitative estimate of drug-likeness (QED) is 0.314. The van der Waals surface area contributed by atoms with Crippen LogP contribution in [0, 0.1) is 4.78 Å². The molecule has 1 N–H and O–H groups in total. The number of hydrogen-bond donors (Lipinski definition) is 1. The fraction of sp³-hybridized carbons (Fsp3) is 0.0952. The highest BCUT2D eigenvalue weighted by Gasteiger charge is 2.35. The lowest BCUT2D eigenvalue weighted by Crippen LogP contribution is -2.15. The maximum absolute atomic E-state index is 13.5. The molecule has 32 heavy (non-hydrogen) atoms.